The number of aromatic nitrogens is 4. The van der Waals surface area contributed by atoms with E-state index in [0.29, 0.717) is 31.8 Å². The van der Waals surface area contributed by atoms with Crippen molar-refractivity contribution in [2.24, 2.45) is 0 Å². The van der Waals surface area contributed by atoms with Gasteiger partial charge in [-0.05, 0) is 56.4 Å². The largest absolute Gasteiger partial charge is 0.377 e. The Hall–Kier alpha value is -3.13. The Morgan fingerprint density at radius 3 is 2.69 bits per heavy atom. The number of benzene rings is 1. The molecule has 1 amide bonds. The fraction of sp³-hybridized carbons (Fsp3) is 0.519. The molecule has 0 N–H and O–H groups in total. The molecule has 0 atom stereocenters. The Balaban J connectivity index is 1.40. The van der Waals surface area contributed by atoms with Gasteiger partial charge in [0.1, 0.15) is 0 Å². The lowest BCUT2D eigenvalue weighted by Crippen LogP contribution is -2.37. The lowest BCUT2D eigenvalue weighted by Gasteiger charge is -2.31. The molecule has 8 heteroatoms. The van der Waals surface area contributed by atoms with Crippen molar-refractivity contribution in [1.82, 2.24) is 24.5 Å². The number of carbonyl (C=O) groups is 1. The van der Waals surface area contributed by atoms with E-state index < -0.39 is 0 Å². The highest BCUT2D eigenvalue weighted by molar-refractivity contribution is 5.76. The highest BCUT2D eigenvalue weighted by Gasteiger charge is 2.34. The summed E-state index contributed by atoms with van der Waals surface area (Å²) in [5, 5.41) is 9.73. The van der Waals surface area contributed by atoms with E-state index in [9.17, 15) is 4.79 Å². The maximum absolute atomic E-state index is 12.2. The normalized spacial score (nSPS) is 18.3. The number of hydrogen-bond donors (Lipinski definition) is 0. The number of aryl methyl sites for hydroxylation is 1. The fourth-order valence-corrected chi connectivity index (χ4v) is 5.50. The van der Waals surface area contributed by atoms with Crippen LogP contribution in [0.3, 0.4) is 0 Å². The van der Waals surface area contributed by atoms with Crippen LogP contribution >= 0.6 is 0 Å². The van der Waals surface area contributed by atoms with Crippen LogP contribution in [0.1, 0.15) is 62.5 Å². The number of amides is 1. The zero-order valence-corrected chi connectivity index (χ0v) is 20.9. The fourth-order valence-electron chi connectivity index (χ4n) is 5.50. The summed E-state index contributed by atoms with van der Waals surface area (Å²) in [6.07, 6.45) is 8.26. The molecule has 1 aromatic carbocycles. The van der Waals surface area contributed by atoms with E-state index in [1.807, 2.05) is 15.8 Å². The average Bonchev–Trinajstić information content (AvgIpc) is 3.39. The summed E-state index contributed by atoms with van der Waals surface area (Å²) in [6, 6.07) is 7.45. The van der Waals surface area contributed by atoms with Gasteiger partial charge in [0.15, 0.2) is 5.82 Å². The number of anilines is 2. The first-order chi connectivity index (χ1) is 17.0. The molecule has 184 valence electrons. The summed E-state index contributed by atoms with van der Waals surface area (Å²) < 4.78 is 9.71. The molecule has 5 heterocycles. The first-order valence-electron chi connectivity index (χ1n) is 12.9. The van der Waals surface area contributed by atoms with E-state index in [1.165, 1.54) is 28.1 Å². The van der Waals surface area contributed by atoms with Crippen LogP contribution in [0.4, 0.5) is 11.5 Å². The standard InChI is InChI=1S/C27H34N6O2/c1-18(2)32-14-22(13-28-32)20-7-8-25-21(12-20)6-4-5-10-31(25)27-24-15-30(19(3)34)11-9-26(24)33(29-27)23-16-35-17-23/h7-8,12-14,18,23H,4-6,9-11,15-17H2,1-3H3. The Morgan fingerprint density at radius 2 is 1.97 bits per heavy atom. The lowest BCUT2D eigenvalue weighted by molar-refractivity contribution is -0.129. The Morgan fingerprint density at radius 1 is 1.11 bits per heavy atom. The molecule has 0 spiro atoms. The molecule has 0 radical (unpaired) electrons. The summed E-state index contributed by atoms with van der Waals surface area (Å²) in [6.45, 7) is 9.71. The van der Waals surface area contributed by atoms with Crippen LogP contribution in [0.25, 0.3) is 11.1 Å². The lowest BCUT2D eigenvalue weighted by atomic mass is 10.0. The molecule has 3 aliphatic rings. The van der Waals surface area contributed by atoms with E-state index in [0.717, 1.165) is 50.2 Å². The van der Waals surface area contributed by atoms with Crippen LogP contribution in [0.15, 0.2) is 30.6 Å². The van der Waals surface area contributed by atoms with Crippen molar-refractivity contribution < 1.29 is 9.53 Å². The number of ether oxygens (including phenoxy) is 1. The van der Waals surface area contributed by atoms with E-state index in [1.54, 1.807) is 6.92 Å². The SMILES string of the molecule is CC(=O)N1CCc2c(c(N3CCCCc4cc(-c5cnn(C(C)C)c5)ccc43)nn2C2COC2)C1. The zero-order chi connectivity index (χ0) is 24.1. The summed E-state index contributed by atoms with van der Waals surface area (Å²) >= 11 is 0. The highest BCUT2D eigenvalue weighted by atomic mass is 16.5. The quantitative estimate of drug-likeness (QED) is 0.565. The predicted molar refractivity (Wildman–Crippen MR) is 135 cm³/mol. The molecule has 0 bridgehead atoms. The number of carbonyl (C=O) groups excluding carboxylic acids is 1. The molecule has 2 aromatic heterocycles. The molecule has 0 aliphatic carbocycles. The third-order valence-electron chi connectivity index (χ3n) is 7.64. The minimum Gasteiger partial charge on any atom is -0.377 e. The predicted octanol–water partition coefficient (Wildman–Crippen LogP) is 4.28. The second-order valence-corrected chi connectivity index (χ2v) is 10.3. The summed E-state index contributed by atoms with van der Waals surface area (Å²) in [4.78, 5) is 16.6. The van der Waals surface area contributed by atoms with Crippen molar-refractivity contribution in [1.29, 1.82) is 0 Å². The maximum Gasteiger partial charge on any atom is 0.219 e. The van der Waals surface area contributed by atoms with Crippen molar-refractivity contribution in [3.63, 3.8) is 0 Å². The van der Waals surface area contributed by atoms with Gasteiger partial charge in [0, 0.05) is 61.2 Å². The molecule has 3 aliphatic heterocycles. The number of fused-ring (bicyclic) bond motifs is 2. The third kappa shape index (κ3) is 3.93. The number of rotatable bonds is 4. The molecular formula is C27H34N6O2. The molecule has 3 aromatic rings. The average molecular weight is 475 g/mol. The molecule has 1 saturated heterocycles. The minimum absolute atomic E-state index is 0.129. The van der Waals surface area contributed by atoms with Gasteiger partial charge in [0.05, 0.1) is 32.0 Å². The van der Waals surface area contributed by atoms with Crippen LogP contribution in [0.2, 0.25) is 0 Å². The molecule has 35 heavy (non-hydrogen) atoms. The smallest absolute Gasteiger partial charge is 0.219 e. The first-order valence-corrected chi connectivity index (χ1v) is 12.9. The Kier molecular flexibility index (Phi) is 5.63. The van der Waals surface area contributed by atoms with Crippen molar-refractivity contribution in [3.05, 3.63) is 47.4 Å². The molecule has 1 fully saturated rings. The second kappa shape index (κ2) is 8.82. The second-order valence-electron chi connectivity index (χ2n) is 10.3. The molecule has 0 saturated carbocycles. The van der Waals surface area contributed by atoms with E-state index in [2.05, 4.69) is 52.9 Å². The minimum atomic E-state index is 0.129. The van der Waals surface area contributed by atoms with Gasteiger partial charge in [-0.25, -0.2) is 0 Å². The number of nitrogens with zero attached hydrogens (tertiary/aromatic N) is 6. The van der Waals surface area contributed by atoms with Gasteiger partial charge in [-0.2, -0.15) is 10.2 Å². The van der Waals surface area contributed by atoms with E-state index in [-0.39, 0.29) is 5.91 Å². The van der Waals surface area contributed by atoms with Crippen molar-refractivity contribution >= 4 is 17.4 Å². The summed E-state index contributed by atoms with van der Waals surface area (Å²) in [7, 11) is 0. The van der Waals surface area contributed by atoms with Gasteiger partial charge < -0.3 is 14.5 Å². The van der Waals surface area contributed by atoms with Gasteiger partial charge in [-0.1, -0.05) is 6.07 Å². The topological polar surface area (TPSA) is 68.4 Å². The Bertz CT molecular complexity index is 1250. The summed E-state index contributed by atoms with van der Waals surface area (Å²) in [5.41, 5.74) is 7.43. The van der Waals surface area contributed by atoms with Gasteiger partial charge in [0.25, 0.3) is 0 Å². The maximum atomic E-state index is 12.2. The molecule has 0 unspecified atom stereocenters. The van der Waals surface area contributed by atoms with Crippen molar-refractivity contribution in [3.8, 4) is 11.1 Å². The van der Waals surface area contributed by atoms with Crippen LogP contribution < -0.4 is 4.90 Å². The zero-order valence-electron chi connectivity index (χ0n) is 20.9. The van der Waals surface area contributed by atoms with E-state index >= 15 is 0 Å². The van der Waals surface area contributed by atoms with Crippen molar-refractivity contribution in [2.45, 2.75) is 65.1 Å². The van der Waals surface area contributed by atoms with Crippen LogP contribution in [0.5, 0.6) is 0 Å². The monoisotopic (exact) mass is 474 g/mol. The Labute approximate surface area is 206 Å². The van der Waals surface area contributed by atoms with E-state index in [4.69, 9.17) is 9.84 Å². The van der Waals surface area contributed by atoms with Crippen molar-refractivity contribution in [2.75, 3.05) is 31.2 Å². The van der Waals surface area contributed by atoms with Crippen LogP contribution in [0, 0.1) is 0 Å². The number of hydrogen-bond acceptors (Lipinski definition) is 5. The molecular weight excluding hydrogens is 440 g/mol. The van der Waals surface area contributed by atoms with Gasteiger partial charge in [-0.15, -0.1) is 0 Å². The first kappa shape index (κ1) is 22.3. The van der Waals surface area contributed by atoms with Crippen LogP contribution in [-0.4, -0.2) is 56.7 Å². The van der Waals surface area contributed by atoms with Gasteiger partial charge >= 0.3 is 0 Å². The summed E-state index contributed by atoms with van der Waals surface area (Å²) in [5.74, 6) is 1.14. The highest BCUT2D eigenvalue weighted by Crippen LogP contribution is 2.40. The van der Waals surface area contributed by atoms with Gasteiger partial charge in [-0.3, -0.25) is 14.2 Å². The molecule has 6 rings (SSSR count). The van der Waals surface area contributed by atoms with Crippen LogP contribution in [-0.2, 0) is 28.9 Å². The van der Waals surface area contributed by atoms with Gasteiger partial charge in [0.2, 0.25) is 5.91 Å². The third-order valence-corrected chi connectivity index (χ3v) is 7.64. The molecule has 8 nitrogen and oxygen atoms in total.